The summed E-state index contributed by atoms with van der Waals surface area (Å²) in [6.07, 6.45) is 1.51. The number of hydrogen-bond donors (Lipinski definition) is 0. The van der Waals surface area contributed by atoms with E-state index in [4.69, 9.17) is 18.9 Å². The van der Waals surface area contributed by atoms with Crippen molar-refractivity contribution >= 4 is 33.5 Å². The number of carbonyl (C=O) groups is 2. The van der Waals surface area contributed by atoms with Crippen LogP contribution < -0.4 is 9.47 Å². The highest BCUT2D eigenvalue weighted by Crippen LogP contribution is 2.44. The molecule has 0 atom stereocenters. The third-order valence-electron chi connectivity index (χ3n) is 5.23. The second-order valence-corrected chi connectivity index (χ2v) is 7.65. The van der Waals surface area contributed by atoms with Crippen LogP contribution in [0.5, 0.6) is 11.5 Å². The lowest BCUT2D eigenvalue weighted by Gasteiger charge is -2.19. The topological polar surface area (TPSA) is 71.1 Å². The zero-order valence-electron chi connectivity index (χ0n) is 19.2. The lowest BCUT2D eigenvalue weighted by Crippen LogP contribution is -2.16. The molecule has 0 aromatic heterocycles. The van der Waals surface area contributed by atoms with E-state index in [-0.39, 0.29) is 13.2 Å². The average molecular weight is 439 g/mol. The number of rotatable bonds is 10. The minimum absolute atomic E-state index is 0.185. The van der Waals surface area contributed by atoms with Gasteiger partial charge in [0.15, 0.2) is 13.2 Å². The van der Waals surface area contributed by atoms with Crippen LogP contribution in [0.3, 0.4) is 0 Å². The molecular weight excluding hydrogens is 408 g/mol. The van der Waals surface area contributed by atoms with E-state index in [1.165, 1.54) is 0 Å². The molecule has 0 aliphatic rings. The van der Waals surface area contributed by atoms with Gasteiger partial charge in [-0.2, -0.15) is 0 Å². The van der Waals surface area contributed by atoms with Crippen LogP contribution in [-0.4, -0.2) is 38.4 Å². The van der Waals surface area contributed by atoms with Crippen molar-refractivity contribution in [3.8, 4) is 11.5 Å². The van der Waals surface area contributed by atoms with Crippen molar-refractivity contribution < 1.29 is 28.5 Å². The van der Waals surface area contributed by atoms with E-state index >= 15 is 0 Å². The molecule has 3 aromatic carbocycles. The SMILES string of the molecule is CCCOC(=O)COc1c2ccccc2c(OCC(=O)OCCC)c2c(C)c(C)ccc12. The monoisotopic (exact) mass is 438 g/mol. The van der Waals surface area contributed by atoms with Crippen LogP contribution in [0.25, 0.3) is 21.5 Å². The molecule has 0 saturated heterocycles. The van der Waals surface area contributed by atoms with E-state index < -0.39 is 11.9 Å². The Kier molecular flexibility index (Phi) is 7.92. The van der Waals surface area contributed by atoms with E-state index in [0.29, 0.717) is 24.7 Å². The fourth-order valence-electron chi connectivity index (χ4n) is 3.54. The van der Waals surface area contributed by atoms with Gasteiger partial charge >= 0.3 is 11.9 Å². The lowest BCUT2D eigenvalue weighted by atomic mass is 9.95. The zero-order valence-corrected chi connectivity index (χ0v) is 19.2. The molecule has 0 bridgehead atoms. The third-order valence-corrected chi connectivity index (χ3v) is 5.23. The van der Waals surface area contributed by atoms with Crippen molar-refractivity contribution in [3.63, 3.8) is 0 Å². The molecule has 0 unspecified atom stereocenters. The van der Waals surface area contributed by atoms with Gasteiger partial charge in [0.2, 0.25) is 0 Å². The Morgan fingerprint density at radius 2 is 1.25 bits per heavy atom. The molecule has 170 valence electrons. The van der Waals surface area contributed by atoms with Gasteiger partial charge in [-0.3, -0.25) is 0 Å². The molecule has 0 saturated carbocycles. The highest BCUT2D eigenvalue weighted by Gasteiger charge is 2.20. The Morgan fingerprint density at radius 3 is 1.81 bits per heavy atom. The number of fused-ring (bicyclic) bond motifs is 2. The molecule has 6 nitrogen and oxygen atoms in total. The first kappa shape index (κ1) is 23.4. The van der Waals surface area contributed by atoms with Gasteiger partial charge < -0.3 is 18.9 Å². The standard InChI is InChI=1S/C26H30O6/c1-5-13-29-22(27)15-31-25-19-9-7-8-10-20(19)26(32-16-23(28)30-14-6-2)24-18(4)17(3)11-12-21(24)25/h7-12H,5-6,13-16H2,1-4H3. The normalized spacial score (nSPS) is 10.9. The summed E-state index contributed by atoms with van der Waals surface area (Å²) in [6.45, 7) is 8.27. The predicted molar refractivity (Wildman–Crippen MR) is 124 cm³/mol. The molecule has 6 heteroatoms. The molecular formula is C26H30O6. The van der Waals surface area contributed by atoms with Crippen LogP contribution in [0, 0.1) is 13.8 Å². The molecule has 0 amide bonds. The number of hydrogen-bond acceptors (Lipinski definition) is 6. The molecule has 3 aromatic rings. The van der Waals surface area contributed by atoms with Crippen LogP contribution in [0.2, 0.25) is 0 Å². The van der Waals surface area contributed by atoms with Gasteiger partial charge in [0.25, 0.3) is 0 Å². The number of ether oxygens (including phenoxy) is 4. The van der Waals surface area contributed by atoms with E-state index in [0.717, 1.165) is 45.5 Å². The number of esters is 2. The third kappa shape index (κ3) is 5.13. The highest BCUT2D eigenvalue weighted by atomic mass is 16.6. The van der Waals surface area contributed by atoms with Gasteiger partial charge in [0, 0.05) is 21.5 Å². The summed E-state index contributed by atoms with van der Waals surface area (Å²) in [6, 6.07) is 11.6. The Hall–Kier alpha value is -3.28. The maximum absolute atomic E-state index is 12.1. The van der Waals surface area contributed by atoms with E-state index in [2.05, 4.69) is 0 Å². The molecule has 3 rings (SSSR count). The number of benzene rings is 3. The lowest BCUT2D eigenvalue weighted by molar-refractivity contribution is -0.146. The van der Waals surface area contributed by atoms with Crippen molar-refractivity contribution in [1.29, 1.82) is 0 Å². The maximum Gasteiger partial charge on any atom is 0.344 e. The smallest absolute Gasteiger partial charge is 0.344 e. The van der Waals surface area contributed by atoms with Gasteiger partial charge in [-0.15, -0.1) is 0 Å². The van der Waals surface area contributed by atoms with Crippen molar-refractivity contribution in [2.75, 3.05) is 26.4 Å². The van der Waals surface area contributed by atoms with Gasteiger partial charge in [0.05, 0.1) is 13.2 Å². The summed E-state index contributed by atoms with van der Waals surface area (Å²) < 4.78 is 22.4. The largest absolute Gasteiger partial charge is 0.481 e. The highest BCUT2D eigenvalue weighted by molar-refractivity contribution is 6.12. The second kappa shape index (κ2) is 10.8. The summed E-state index contributed by atoms with van der Waals surface area (Å²) >= 11 is 0. The molecule has 0 aliphatic carbocycles. The van der Waals surface area contributed by atoms with Gasteiger partial charge in [-0.05, 0) is 37.8 Å². The fraction of sp³-hybridized carbons (Fsp3) is 0.385. The number of carbonyl (C=O) groups excluding carboxylic acids is 2. The van der Waals surface area contributed by atoms with Gasteiger partial charge in [0.1, 0.15) is 11.5 Å². The maximum atomic E-state index is 12.1. The van der Waals surface area contributed by atoms with Crippen molar-refractivity contribution in [2.24, 2.45) is 0 Å². The van der Waals surface area contributed by atoms with E-state index in [1.807, 2.05) is 64.1 Å². The molecule has 0 fully saturated rings. The summed E-state index contributed by atoms with van der Waals surface area (Å²) in [5.41, 5.74) is 2.10. The first-order valence-electron chi connectivity index (χ1n) is 11.0. The summed E-state index contributed by atoms with van der Waals surface area (Å²) in [4.78, 5) is 24.2. The first-order chi connectivity index (χ1) is 15.5. The van der Waals surface area contributed by atoms with E-state index in [1.54, 1.807) is 0 Å². The molecule has 0 radical (unpaired) electrons. The molecule has 0 heterocycles. The molecule has 32 heavy (non-hydrogen) atoms. The van der Waals surface area contributed by atoms with Crippen LogP contribution >= 0.6 is 0 Å². The molecule has 0 spiro atoms. The van der Waals surface area contributed by atoms with Crippen LogP contribution in [-0.2, 0) is 19.1 Å². The quantitative estimate of drug-likeness (QED) is 0.317. The first-order valence-corrected chi connectivity index (χ1v) is 11.0. The predicted octanol–water partition coefficient (Wildman–Crippen LogP) is 5.27. The minimum atomic E-state index is -0.410. The fourth-order valence-corrected chi connectivity index (χ4v) is 3.54. The molecule has 0 N–H and O–H groups in total. The van der Waals surface area contributed by atoms with Gasteiger partial charge in [-0.25, -0.2) is 9.59 Å². The summed E-state index contributed by atoms with van der Waals surface area (Å²) in [5, 5.41) is 3.26. The van der Waals surface area contributed by atoms with Crippen molar-refractivity contribution in [3.05, 3.63) is 47.5 Å². The Morgan fingerprint density at radius 1 is 0.719 bits per heavy atom. The van der Waals surface area contributed by atoms with Crippen LogP contribution in [0.1, 0.15) is 37.8 Å². The average Bonchev–Trinajstić information content (AvgIpc) is 2.80. The Balaban J connectivity index is 2.09. The van der Waals surface area contributed by atoms with E-state index in [9.17, 15) is 9.59 Å². The number of aryl methyl sites for hydroxylation is 2. The van der Waals surface area contributed by atoms with Crippen LogP contribution in [0.15, 0.2) is 36.4 Å². The van der Waals surface area contributed by atoms with Crippen LogP contribution in [0.4, 0.5) is 0 Å². The Labute approximate surface area is 188 Å². The zero-order chi connectivity index (χ0) is 23.1. The molecule has 0 aliphatic heterocycles. The summed E-state index contributed by atoms with van der Waals surface area (Å²) in [5.74, 6) is 0.375. The van der Waals surface area contributed by atoms with Gasteiger partial charge in [-0.1, -0.05) is 50.2 Å². The second-order valence-electron chi connectivity index (χ2n) is 7.65. The van der Waals surface area contributed by atoms with Crippen molar-refractivity contribution in [1.82, 2.24) is 0 Å². The van der Waals surface area contributed by atoms with Crippen molar-refractivity contribution in [2.45, 2.75) is 40.5 Å². The minimum Gasteiger partial charge on any atom is -0.481 e. The summed E-state index contributed by atoms with van der Waals surface area (Å²) in [7, 11) is 0. The Bertz CT molecular complexity index is 1120.